The van der Waals surface area contributed by atoms with E-state index >= 15 is 0 Å². The summed E-state index contributed by atoms with van der Waals surface area (Å²) in [6.45, 7) is 5.57. The lowest BCUT2D eigenvalue weighted by Crippen LogP contribution is -2.46. The monoisotopic (exact) mass is 423 g/mol. The number of nitriles is 1. The summed E-state index contributed by atoms with van der Waals surface area (Å²) in [6, 6.07) is 8.38. The zero-order valence-electron chi connectivity index (χ0n) is 17.4. The normalized spacial score (nSPS) is 17.7. The summed E-state index contributed by atoms with van der Waals surface area (Å²) in [5.41, 5.74) is 2.99. The highest BCUT2D eigenvalue weighted by atomic mass is 32.1. The van der Waals surface area contributed by atoms with E-state index in [-0.39, 0.29) is 5.91 Å². The highest BCUT2D eigenvalue weighted by Crippen LogP contribution is 2.37. The van der Waals surface area contributed by atoms with Crippen LogP contribution in [0.2, 0.25) is 0 Å². The van der Waals surface area contributed by atoms with Crippen LogP contribution in [0.15, 0.2) is 24.4 Å². The maximum Gasteiger partial charge on any atom is 0.226 e. The number of nitrogens with one attached hydrogen (secondary N) is 1. The van der Waals surface area contributed by atoms with Crippen LogP contribution < -0.4 is 5.32 Å². The fourth-order valence-corrected chi connectivity index (χ4v) is 5.55. The number of amides is 1. The van der Waals surface area contributed by atoms with E-state index in [4.69, 9.17) is 0 Å². The van der Waals surface area contributed by atoms with Crippen molar-refractivity contribution in [3.63, 3.8) is 0 Å². The molecule has 158 valence electrons. The van der Waals surface area contributed by atoms with Crippen LogP contribution in [0.3, 0.4) is 0 Å². The first-order chi connectivity index (χ1) is 14.7. The molecule has 2 aromatic rings. The molecule has 3 heterocycles. The number of carbonyl (C=O) groups excluding carboxylic acids is 1. The molecule has 4 rings (SSSR count). The minimum atomic E-state index is 0.0128. The number of nitrogens with zero attached hydrogens (tertiary/aromatic N) is 4. The second-order valence-electron chi connectivity index (χ2n) is 8.12. The van der Waals surface area contributed by atoms with Crippen LogP contribution in [-0.4, -0.2) is 53.4 Å². The number of hydrogen-bond acceptors (Lipinski definition) is 6. The Labute approximate surface area is 182 Å². The average Bonchev–Trinajstić information content (AvgIpc) is 2.92. The molecule has 0 radical (unpaired) electrons. The lowest BCUT2D eigenvalue weighted by molar-refractivity contribution is -0.116. The van der Waals surface area contributed by atoms with Crippen molar-refractivity contribution >= 4 is 22.2 Å². The highest BCUT2D eigenvalue weighted by molar-refractivity contribution is 7.16. The van der Waals surface area contributed by atoms with Gasteiger partial charge >= 0.3 is 0 Å². The second-order valence-corrected chi connectivity index (χ2v) is 9.22. The Hall–Kier alpha value is -2.27. The quantitative estimate of drug-likeness (QED) is 0.721. The molecule has 0 spiro atoms. The van der Waals surface area contributed by atoms with E-state index in [1.54, 1.807) is 11.3 Å². The molecule has 0 unspecified atom stereocenters. The first-order valence-corrected chi connectivity index (χ1v) is 11.7. The van der Waals surface area contributed by atoms with Crippen LogP contribution in [-0.2, 0) is 24.2 Å². The van der Waals surface area contributed by atoms with Crippen molar-refractivity contribution in [2.24, 2.45) is 0 Å². The van der Waals surface area contributed by atoms with Gasteiger partial charge in [0.15, 0.2) is 0 Å². The molecule has 2 aromatic heterocycles. The van der Waals surface area contributed by atoms with Crippen LogP contribution in [0.4, 0.5) is 5.00 Å². The van der Waals surface area contributed by atoms with Crippen LogP contribution in [0.1, 0.15) is 47.4 Å². The first kappa shape index (κ1) is 21.0. The number of anilines is 1. The third-order valence-corrected chi connectivity index (χ3v) is 7.23. The zero-order valence-corrected chi connectivity index (χ0v) is 18.2. The fourth-order valence-electron chi connectivity index (χ4n) is 4.29. The number of piperazine rings is 1. The van der Waals surface area contributed by atoms with Gasteiger partial charge in [0.1, 0.15) is 11.1 Å². The van der Waals surface area contributed by atoms with Crippen LogP contribution >= 0.6 is 11.3 Å². The van der Waals surface area contributed by atoms with Gasteiger partial charge in [-0.05, 0) is 43.4 Å². The number of pyridine rings is 1. The van der Waals surface area contributed by atoms with Crippen molar-refractivity contribution in [1.29, 1.82) is 5.26 Å². The lowest BCUT2D eigenvalue weighted by atomic mass is 10.1. The maximum absolute atomic E-state index is 12.6. The molecule has 2 aliphatic rings. The Balaban J connectivity index is 1.24. The van der Waals surface area contributed by atoms with E-state index in [1.807, 2.05) is 18.3 Å². The van der Waals surface area contributed by atoms with Crippen molar-refractivity contribution in [3.05, 3.63) is 46.1 Å². The number of carbonyl (C=O) groups is 1. The Morgan fingerprint density at radius 3 is 2.70 bits per heavy atom. The molecule has 1 fully saturated rings. The average molecular weight is 424 g/mol. The zero-order chi connectivity index (χ0) is 20.8. The van der Waals surface area contributed by atoms with Gasteiger partial charge in [-0.15, -0.1) is 11.3 Å². The smallest absolute Gasteiger partial charge is 0.226 e. The highest BCUT2D eigenvalue weighted by Gasteiger charge is 2.22. The van der Waals surface area contributed by atoms with E-state index in [0.29, 0.717) is 12.0 Å². The van der Waals surface area contributed by atoms with Gasteiger partial charge in [0.2, 0.25) is 5.91 Å². The maximum atomic E-state index is 12.6. The lowest BCUT2D eigenvalue weighted by Gasteiger charge is -2.34. The van der Waals surface area contributed by atoms with Gasteiger partial charge in [-0.1, -0.05) is 12.5 Å². The summed E-state index contributed by atoms with van der Waals surface area (Å²) in [7, 11) is 0. The minimum Gasteiger partial charge on any atom is -0.317 e. The molecule has 0 bridgehead atoms. The van der Waals surface area contributed by atoms with Crippen molar-refractivity contribution in [2.75, 3.05) is 38.0 Å². The number of hydrogen-bond donors (Lipinski definition) is 1. The molecule has 1 saturated heterocycles. The number of rotatable bonds is 6. The van der Waals surface area contributed by atoms with E-state index in [2.05, 4.69) is 32.2 Å². The SMILES string of the molecule is N#Cc1c(NC(=O)CCN2CCN(Cc3ccccn3)CC2)sc2c1CCCCC2. The number of aryl methyl sites for hydroxylation is 1. The van der Waals surface area contributed by atoms with E-state index < -0.39 is 0 Å². The predicted molar refractivity (Wildman–Crippen MR) is 119 cm³/mol. The molecule has 1 aliphatic carbocycles. The summed E-state index contributed by atoms with van der Waals surface area (Å²) in [6.07, 6.45) is 7.85. The van der Waals surface area contributed by atoms with Gasteiger partial charge in [0, 0.05) is 56.8 Å². The number of thiophene rings is 1. The minimum absolute atomic E-state index is 0.0128. The van der Waals surface area contributed by atoms with Crippen molar-refractivity contribution in [2.45, 2.75) is 45.1 Å². The molecule has 7 heteroatoms. The molecular weight excluding hydrogens is 394 g/mol. The third-order valence-electron chi connectivity index (χ3n) is 6.02. The summed E-state index contributed by atoms with van der Waals surface area (Å²) < 4.78 is 0. The van der Waals surface area contributed by atoms with Gasteiger partial charge < -0.3 is 10.2 Å². The predicted octanol–water partition coefficient (Wildman–Crippen LogP) is 3.43. The van der Waals surface area contributed by atoms with Crippen molar-refractivity contribution < 1.29 is 4.79 Å². The molecule has 0 atom stereocenters. The van der Waals surface area contributed by atoms with Crippen LogP contribution in [0, 0.1) is 11.3 Å². The molecule has 30 heavy (non-hydrogen) atoms. The van der Waals surface area contributed by atoms with Gasteiger partial charge in [0.25, 0.3) is 0 Å². The molecule has 0 saturated carbocycles. The van der Waals surface area contributed by atoms with E-state index in [0.717, 1.165) is 69.2 Å². The number of fused-ring (bicyclic) bond motifs is 1. The third kappa shape index (κ3) is 5.25. The summed E-state index contributed by atoms with van der Waals surface area (Å²) in [5, 5.41) is 13.4. The Morgan fingerprint density at radius 2 is 1.93 bits per heavy atom. The molecule has 0 aromatic carbocycles. The molecular formula is C23H29N5OS. The van der Waals surface area contributed by atoms with Crippen molar-refractivity contribution in [1.82, 2.24) is 14.8 Å². The Kier molecular flexibility index (Phi) is 7.11. The summed E-state index contributed by atoms with van der Waals surface area (Å²) >= 11 is 1.61. The number of aromatic nitrogens is 1. The van der Waals surface area contributed by atoms with Gasteiger partial charge in [-0.3, -0.25) is 14.7 Å². The summed E-state index contributed by atoms with van der Waals surface area (Å²) in [4.78, 5) is 23.0. The van der Waals surface area contributed by atoms with Gasteiger partial charge in [-0.2, -0.15) is 5.26 Å². The van der Waals surface area contributed by atoms with Crippen molar-refractivity contribution in [3.8, 4) is 6.07 Å². The second kappa shape index (κ2) is 10.2. The van der Waals surface area contributed by atoms with Crippen LogP contribution in [0.5, 0.6) is 0 Å². The van der Waals surface area contributed by atoms with E-state index in [1.165, 1.54) is 23.3 Å². The van der Waals surface area contributed by atoms with Crippen LogP contribution in [0.25, 0.3) is 0 Å². The summed E-state index contributed by atoms with van der Waals surface area (Å²) in [5.74, 6) is 0.0128. The molecule has 1 aliphatic heterocycles. The Morgan fingerprint density at radius 1 is 1.13 bits per heavy atom. The molecule has 1 amide bonds. The van der Waals surface area contributed by atoms with E-state index in [9.17, 15) is 10.1 Å². The first-order valence-electron chi connectivity index (χ1n) is 10.9. The standard InChI is InChI=1S/C23H29N5OS/c24-16-20-19-7-2-1-3-8-21(19)30-23(20)26-22(29)9-11-27-12-14-28(15-13-27)17-18-6-4-5-10-25-18/h4-6,10H,1-3,7-9,11-15,17H2,(H,26,29). The topological polar surface area (TPSA) is 72.3 Å². The fraction of sp³-hybridized carbons (Fsp3) is 0.522. The Bertz CT molecular complexity index is 896. The van der Waals surface area contributed by atoms with Gasteiger partial charge in [0.05, 0.1) is 11.3 Å². The molecule has 6 nitrogen and oxygen atoms in total. The van der Waals surface area contributed by atoms with Gasteiger partial charge in [-0.25, -0.2) is 0 Å². The largest absolute Gasteiger partial charge is 0.317 e. The molecule has 1 N–H and O–H groups in total.